The van der Waals surface area contributed by atoms with Gasteiger partial charge >= 0.3 is 0 Å². The minimum Gasteiger partial charge on any atom is -0.445 e. The summed E-state index contributed by atoms with van der Waals surface area (Å²) in [6.45, 7) is 1.50. The summed E-state index contributed by atoms with van der Waals surface area (Å²) in [5.41, 5.74) is 2.81. The van der Waals surface area contributed by atoms with Crippen LogP contribution in [0.5, 0.6) is 0 Å². The first-order valence-electron chi connectivity index (χ1n) is 8.08. The fourth-order valence-corrected chi connectivity index (χ4v) is 4.43. The Morgan fingerprint density at radius 1 is 1.09 bits per heavy atom. The van der Waals surface area contributed by atoms with E-state index in [9.17, 15) is 0 Å². The fraction of sp³-hybridized carbons (Fsp3) is 0.500. The van der Waals surface area contributed by atoms with Gasteiger partial charge in [0, 0.05) is 18.4 Å². The molecule has 0 amide bonds. The summed E-state index contributed by atoms with van der Waals surface area (Å²) in [6, 6.07) is 8.68. The third kappa shape index (κ3) is 1.80. The standard InChI is InChI=1S/C18H19NO3/c1-2-13(16-19-6-7-20-16)10-14(3-1)17-4-5-18(12-15(17)11-17)21-8-9-22-18/h1-3,6-7,10,15H,4-5,8-9,11-12H2. The van der Waals surface area contributed by atoms with Gasteiger partial charge in [0.05, 0.1) is 19.4 Å². The lowest BCUT2D eigenvalue weighted by Gasteiger charge is -2.35. The van der Waals surface area contributed by atoms with Gasteiger partial charge in [-0.3, -0.25) is 0 Å². The molecule has 2 unspecified atom stereocenters. The maximum atomic E-state index is 5.89. The summed E-state index contributed by atoms with van der Waals surface area (Å²) < 4.78 is 17.2. The third-order valence-corrected chi connectivity index (χ3v) is 5.67. The van der Waals surface area contributed by atoms with Crippen LogP contribution >= 0.6 is 0 Å². The highest BCUT2D eigenvalue weighted by atomic mass is 16.7. The fourth-order valence-electron chi connectivity index (χ4n) is 4.43. The van der Waals surface area contributed by atoms with Crippen LogP contribution in [0.4, 0.5) is 0 Å². The monoisotopic (exact) mass is 297 g/mol. The Labute approximate surface area is 129 Å². The van der Waals surface area contributed by atoms with Gasteiger partial charge in [-0.05, 0) is 41.9 Å². The number of hydrogen-bond donors (Lipinski definition) is 0. The molecule has 5 rings (SSSR count). The molecular weight excluding hydrogens is 278 g/mol. The number of oxazole rings is 1. The minimum absolute atomic E-state index is 0.273. The van der Waals surface area contributed by atoms with Crippen LogP contribution in [0.1, 0.15) is 31.2 Å². The number of fused-ring (bicyclic) bond motifs is 1. The van der Waals surface area contributed by atoms with Gasteiger partial charge in [-0.2, -0.15) is 0 Å². The molecule has 2 heterocycles. The molecule has 2 aliphatic carbocycles. The minimum atomic E-state index is -0.273. The molecule has 2 aromatic rings. The van der Waals surface area contributed by atoms with Gasteiger partial charge in [0.25, 0.3) is 0 Å². The largest absolute Gasteiger partial charge is 0.445 e. The molecule has 22 heavy (non-hydrogen) atoms. The van der Waals surface area contributed by atoms with E-state index < -0.39 is 0 Å². The van der Waals surface area contributed by atoms with Crippen molar-refractivity contribution in [1.82, 2.24) is 4.98 Å². The molecule has 1 aliphatic heterocycles. The van der Waals surface area contributed by atoms with E-state index in [2.05, 4.69) is 29.2 Å². The molecule has 4 heteroatoms. The molecule has 0 radical (unpaired) electrons. The number of aromatic nitrogens is 1. The van der Waals surface area contributed by atoms with Crippen molar-refractivity contribution in [1.29, 1.82) is 0 Å². The van der Waals surface area contributed by atoms with Gasteiger partial charge in [0.2, 0.25) is 5.89 Å². The van der Waals surface area contributed by atoms with E-state index in [0.717, 1.165) is 38.0 Å². The van der Waals surface area contributed by atoms with Crippen LogP contribution in [-0.2, 0) is 14.9 Å². The number of nitrogens with zero attached hydrogens (tertiary/aromatic N) is 1. The van der Waals surface area contributed by atoms with Crippen molar-refractivity contribution < 1.29 is 13.9 Å². The van der Waals surface area contributed by atoms with Crippen molar-refractivity contribution in [3.8, 4) is 11.5 Å². The lowest BCUT2D eigenvalue weighted by atomic mass is 9.79. The second-order valence-corrected chi connectivity index (χ2v) is 6.79. The van der Waals surface area contributed by atoms with Crippen LogP contribution in [0.25, 0.3) is 11.5 Å². The Hall–Kier alpha value is -1.65. The van der Waals surface area contributed by atoms with Crippen molar-refractivity contribution in [2.24, 2.45) is 5.92 Å². The summed E-state index contributed by atoms with van der Waals surface area (Å²) in [4.78, 5) is 4.26. The zero-order chi connectivity index (χ0) is 14.6. The molecular formula is C18H19NO3. The first kappa shape index (κ1) is 12.9. The average molecular weight is 297 g/mol. The Morgan fingerprint density at radius 3 is 2.77 bits per heavy atom. The smallest absolute Gasteiger partial charge is 0.225 e. The molecule has 3 fully saturated rings. The molecule has 1 aromatic carbocycles. The highest BCUT2D eigenvalue weighted by molar-refractivity contribution is 5.56. The Bertz CT molecular complexity index is 690. The lowest BCUT2D eigenvalue weighted by molar-refractivity contribution is -0.180. The predicted molar refractivity (Wildman–Crippen MR) is 80.2 cm³/mol. The predicted octanol–water partition coefficient (Wildman–Crippen LogP) is 3.53. The van der Waals surface area contributed by atoms with E-state index in [1.807, 2.05) is 0 Å². The molecule has 2 atom stereocenters. The maximum absolute atomic E-state index is 5.89. The van der Waals surface area contributed by atoms with E-state index in [0.29, 0.717) is 17.2 Å². The molecule has 1 spiro atoms. The first-order chi connectivity index (χ1) is 10.8. The van der Waals surface area contributed by atoms with E-state index >= 15 is 0 Å². The topological polar surface area (TPSA) is 44.5 Å². The SMILES string of the molecule is c1cc(-c2ncco2)cc(C23CCC4(CC2C3)OCCO4)c1. The zero-order valence-corrected chi connectivity index (χ0v) is 12.5. The van der Waals surface area contributed by atoms with Crippen molar-refractivity contribution in [3.05, 3.63) is 42.3 Å². The van der Waals surface area contributed by atoms with Crippen LogP contribution in [-0.4, -0.2) is 24.0 Å². The summed E-state index contributed by atoms with van der Waals surface area (Å²) in [5.74, 6) is 1.11. The van der Waals surface area contributed by atoms with E-state index in [1.165, 1.54) is 12.0 Å². The maximum Gasteiger partial charge on any atom is 0.225 e. The molecule has 3 aliphatic rings. The van der Waals surface area contributed by atoms with E-state index in [4.69, 9.17) is 13.9 Å². The van der Waals surface area contributed by atoms with Gasteiger partial charge in [-0.1, -0.05) is 12.1 Å². The second kappa shape index (κ2) is 4.43. The Balaban J connectivity index is 1.44. The van der Waals surface area contributed by atoms with Gasteiger partial charge in [-0.15, -0.1) is 0 Å². The molecule has 2 saturated carbocycles. The molecule has 1 aromatic heterocycles. The zero-order valence-electron chi connectivity index (χ0n) is 12.5. The molecule has 4 nitrogen and oxygen atoms in total. The average Bonchev–Trinajstić information content (AvgIpc) is 2.93. The second-order valence-electron chi connectivity index (χ2n) is 6.79. The quantitative estimate of drug-likeness (QED) is 0.850. The highest BCUT2D eigenvalue weighted by Gasteiger charge is 2.62. The lowest BCUT2D eigenvalue weighted by Crippen LogP contribution is -2.37. The van der Waals surface area contributed by atoms with Crippen molar-refractivity contribution in [2.75, 3.05) is 13.2 Å². The van der Waals surface area contributed by atoms with Gasteiger partial charge in [0.1, 0.15) is 6.26 Å². The summed E-state index contributed by atoms with van der Waals surface area (Å²) in [6.07, 6.45) is 7.75. The first-order valence-corrected chi connectivity index (χ1v) is 8.08. The van der Waals surface area contributed by atoms with Crippen molar-refractivity contribution >= 4 is 0 Å². The molecule has 0 bridgehead atoms. The third-order valence-electron chi connectivity index (χ3n) is 5.67. The number of ether oxygens (including phenoxy) is 2. The number of hydrogen-bond acceptors (Lipinski definition) is 4. The summed E-state index contributed by atoms with van der Waals surface area (Å²) in [7, 11) is 0. The number of benzene rings is 1. The van der Waals surface area contributed by atoms with Crippen molar-refractivity contribution in [3.63, 3.8) is 0 Å². The molecule has 1 saturated heterocycles. The van der Waals surface area contributed by atoms with Crippen LogP contribution in [0.15, 0.2) is 41.1 Å². The summed E-state index contributed by atoms with van der Waals surface area (Å²) >= 11 is 0. The van der Waals surface area contributed by atoms with Gasteiger partial charge < -0.3 is 13.9 Å². The highest BCUT2D eigenvalue weighted by Crippen LogP contribution is 2.65. The number of rotatable bonds is 2. The normalized spacial score (nSPS) is 32.1. The van der Waals surface area contributed by atoms with Crippen LogP contribution < -0.4 is 0 Å². The van der Waals surface area contributed by atoms with Crippen LogP contribution in [0, 0.1) is 5.92 Å². The Morgan fingerprint density at radius 2 is 2.00 bits per heavy atom. The Kier molecular flexibility index (Phi) is 2.59. The van der Waals surface area contributed by atoms with Crippen molar-refractivity contribution in [2.45, 2.75) is 36.9 Å². The van der Waals surface area contributed by atoms with Gasteiger partial charge in [-0.25, -0.2) is 4.98 Å². The molecule has 114 valence electrons. The van der Waals surface area contributed by atoms with E-state index in [-0.39, 0.29) is 5.79 Å². The van der Waals surface area contributed by atoms with E-state index in [1.54, 1.807) is 12.5 Å². The summed E-state index contributed by atoms with van der Waals surface area (Å²) in [5, 5.41) is 0. The molecule has 0 N–H and O–H groups in total. The van der Waals surface area contributed by atoms with Gasteiger partial charge in [0.15, 0.2) is 5.79 Å². The van der Waals surface area contributed by atoms with Crippen LogP contribution in [0.3, 0.4) is 0 Å². The van der Waals surface area contributed by atoms with Crippen LogP contribution in [0.2, 0.25) is 0 Å².